The molecule has 2 fully saturated rings. The van der Waals surface area contributed by atoms with Crippen LogP contribution in [0.3, 0.4) is 0 Å². The number of hydrogen-bond donors (Lipinski definition) is 0. The average Bonchev–Trinajstić information content (AvgIpc) is 3.32. The predicted octanol–water partition coefficient (Wildman–Crippen LogP) is 4.65. The van der Waals surface area contributed by atoms with E-state index in [-0.39, 0.29) is 22.8 Å². The van der Waals surface area contributed by atoms with Crippen molar-refractivity contribution >= 4 is 23.4 Å². The molecule has 0 N–H and O–H groups in total. The zero-order chi connectivity index (χ0) is 21.8. The Morgan fingerprint density at radius 1 is 0.968 bits per heavy atom. The molecule has 31 heavy (non-hydrogen) atoms. The molecule has 0 radical (unpaired) electrons. The summed E-state index contributed by atoms with van der Waals surface area (Å²) in [6.07, 6.45) is 3.98. The van der Waals surface area contributed by atoms with Gasteiger partial charge in [0.25, 0.3) is 11.8 Å². The number of carbonyl (C=O) groups is 2. The van der Waals surface area contributed by atoms with Crippen molar-refractivity contribution in [1.29, 1.82) is 0 Å². The fraction of sp³-hybridized carbons (Fsp3) is 0.417. The van der Waals surface area contributed by atoms with Crippen molar-refractivity contribution in [3.63, 3.8) is 0 Å². The van der Waals surface area contributed by atoms with Crippen LogP contribution >= 0.6 is 11.6 Å². The number of rotatable bonds is 5. The lowest BCUT2D eigenvalue weighted by atomic mass is 9.98. The Morgan fingerprint density at radius 2 is 1.68 bits per heavy atom. The summed E-state index contributed by atoms with van der Waals surface area (Å²) in [5, 5.41) is 0.131. The van der Waals surface area contributed by atoms with Crippen LogP contribution in [-0.4, -0.2) is 54.4 Å². The van der Waals surface area contributed by atoms with Crippen molar-refractivity contribution in [2.24, 2.45) is 5.92 Å². The van der Waals surface area contributed by atoms with Gasteiger partial charge >= 0.3 is 0 Å². The van der Waals surface area contributed by atoms with Gasteiger partial charge in [0.05, 0.1) is 17.2 Å². The number of halogens is 2. The minimum atomic E-state index is -0.459. The molecule has 2 amide bonds. The summed E-state index contributed by atoms with van der Waals surface area (Å²) >= 11 is 6.06. The van der Waals surface area contributed by atoms with Gasteiger partial charge in [0.15, 0.2) is 0 Å². The maximum absolute atomic E-state index is 13.3. The van der Waals surface area contributed by atoms with Crippen LogP contribution in [0.4, 0.5) is 4.39 Å². The van der Waals surface area contributed by atoms with Crippen LogP contribution < -0.4 is 4.74 Å². The van der Waals surface area contributed by atoms with Gasteiger partial charge in [-0.15, -0.1) is 0 Å². The van der Waals surface area contributed by atoms with Crippen LogP contribution in [0.2, 0.25) is 5.02 Å². The summed E-state index contributed by atoms with van der Waals surface area (Å²) in [5.74, 6) is 0.342. The molecule has 5 nitrogen and oxygen atoms in total. The molecule has 2 aromatic rings. The highest BCUT2D eigenvalue weighted by atomic mass is 35.5. The predicted molar refractivity (Wildman–Crippen MR) is 117 cm³/mol. The normalized spacial score (nSPS) is 18.8. The second kappa shape index (κ2) is 9.69. The quantitative estimate of drug-likeness (QED) is 0.674. The first kappa shape index (κ1) is 21.6. The largest absolute Gasteiger partial charge is 0.493 e. The van der Waals surface area contributed by atoms with Crippen LogP contribution in [0.5, 0.6) is 5.75 Å². The van der Waals surface area contributed by atoms with Gasteiger partial charge in [0, 0.05) is 37.7 Å². The topological polar surface area (TPSA) is 49.9 Å². The summed E-state index contributed by atoms with van der Waals surface area (Å²) < 4.78 is 19.2. The van der Waals surface area contributed by atoms with E-state index in [1.165, 1.54) is 12.1 Å². The molecule has 2 aliphatic heterocycles. The van der Waals surface area contributed by atoms with E-state index in [2.05, 4.69) is 0 Å². The number of hydrogen-bond acceptors (Lipinski definition) is 3. The summed E-state index contributed by atoms with van der Waals surface area (Å²) in [6.45, 7) is 3.36. The molecule has 0 spiro atoms. The Kier molecular flexibility index (Phi) is 6.76. The van der Waals surface area contributed by atoms with Crippen LogP contribution in [-0.2, 0) is 0 Å². The smallest absolute Gasteiger partial charge is 0.255 e. The number of ether oxygens (including phenoxy) is 1. The van der Waals surface area contributed by atoms with Gasteiger partial charge in [0.1, 0.15) is 11.6 Å². The van der Waals surface area contributed by atoms with Gasteiger partial charge in [-0.05, 0) is 68.1 Å². The molecule has 0 aromatic heterocycles. The first-order chi connectivity index (χ1) is 15.0. The van der Waals surface area contributed by atoms with Crippen LogP contribution in [0.1, 0.15) is 46.4 Å². The van der Waals surface area contributed by atoms with Crippen molar-refractivity contribution in [2.75, 3.05) is 32.8 Å². The maximum atomic E-state index is 13.3. The van der Waals surface area contributed by atoms with E-state index < -0.39 is 5.82 Å². The Bertz CT molecular complexity index is 944. The van der Waals surface area contributed by atoms with Gasteiger partial charge in [0.2, 0.25) is 0 Å². The molecule has 2 heterocycles. The average molecular weight is 445 g/mol. The molecule has 0 saturated carbocycles. The van der Waals surface area contributed by atoms with Crippen molar-refractivity contribution in [3.05, 3.63) is 64.4 Å². The standard InChI is InChI=1S/C24H26ClFN2O3/c25-22-14-19(26)7-10-21(22)24(30)28-13-3-4-17(15-28)16-31-20-8-5-18(6-9-20)23(29)27-11-1-2-12-27/h5-10,14,17H,1-4,11-13,15-16H2/t17-/m0/s1. The number of carbonyl (C=O) groups excluding carboxylic acids is 2. The van der Waals surface area contributed by atoms with E-state index in [9.17, 15) is 14.0 Å². The van der Waals surface area contributed by atoms with Gasteiger partial charge in [-0.3, -0.25) is 9.59 Å². The summed E-state index contributed by atoms with van der Waals surface area (Å²) in [5.41, 5.74) is 1.00. The van der Waals surface area contributed by atoms with E-state index in [0.717, 1.165) is 44.8 Å². The molecular weight excluding hydrogens is 419 g/mol. The van der Waals surface area contributed by atoms with Gasteiger partial charge < -0.3 is 14.5 Å². The first-order valence-corrected chi connectivity index (χ1v) is 11.2. The molecule has 2 aromatic carbocycles. The second-order valence-corrected chi connectivity index (χ2v) is 8.63. The lowest BCUT2D eigenvalue weighted by Gasteiger charge is -2.33. The molecule has 2 saturated heterocycles. The van der Waals surface area contributed by atoms with E-state index in [4.69, 9.17) is 16.3 Å². The molecule has 164 valence electrons. The number of amides is 2. The minimum Gasteiger partial charge on any atom is -0.493 e. The Labute approximate surface area is 186 Å². The zero-order valence-corrected chi connectivity index (χ0v) is 18.1. The molecule has 0 bridgehead atoms. The maximum Gasteiger partial charge on any atom is 0.255 e. The van der Waals surface area contributed by atoms with Crippen LogP contribution in [0.15, 0.2) is 42.5 Å². The third-order valence-electron chi connectivity index (χ3n) is 5.95. The Morgan fingerprint density at radius 3 is 2.39 bits per heavy atom. The van der Waals surface area contributed by atoms with Gasteiger partial charge in [-0.1, -0.05) is 11.6 Å². The lowest BCUT2D eigenvalue weighted by Crippen LogP contribution is -2.41. The monoisotopic (exact) mass is 444 g/mol. The van der Waals surface area contributed by atoms with E-state index in [1.54, 1.807) is 4.90 Å². The third kappa shape index (κ3) is 5.18. The number of likely N-dealkylation sites (tertiary alicyclic amines) is 2. The fourth-order valence-corrected chi connectivity index (χ4v) is 4.48. The van der Waals surface area contributed by atoms with E-state index in [0.29, 0.717) is 36.6 Å². The van der Waals surface area contributed by atoms with Crippen molar-refractivity contribution in [1.82, 2.24) is 9.80 Å². The SMILES string of the molecule is O=C(c1ccc(OC[C@H]2CCCN(C(=O)c3ccc(F)cc3Cl)C2)cc1)N1CCCC1. The van der Waals surface area contributed by atoms with Crippen molar-refractivity contribution in [2.45, 2.75) is 25.7 Å². The van der Waals surface area contributed by atoms with Crippen molar-refractivity contribution in [3.8, 4) is 5.75 Å². The highest BCUT2D eigenvalue weighted by molar-refractivity contribution is 6.33. The van der Waals surface area contributed by atoms with Gasteiger partial charge in [-0.2, -0.15) is 0 Å². The van der Waals surface area contributed by atoms with Gasteiger partial charge in [-0.25, -0.2) is 4.39 Å². The lowest BCUT2D eigenvalue weighted by molar-refractivity contribution is 0.0633. The third-order valence-corrected chi connectivity index (χ3v) is 6.26. The Balaban J connectivity index is 1.31. The summed E-state index contributed by atoms with van der Waals surface area (Å²) in [4.78, 5) is 28.9. The molecule has 0 aliphatic carbocycles. The van der Waals surface area contributed by atoms with E-state index in [1.807, 2.05) is 29.2 Å². The molecule has 0 unspecified atom stereocenters. The second-order valence-electron chi connectivity index (χ2n) is 8.22. The Hall–Kier alpha value is -2.60. The highest BCUT2D eigenvalue weighted by Crippen LogP contribution is 2.24. The molecule has 2 aliphatic rings. The fourth-order valence-electron chi connectivity index (χ4n) is 4.23. The van der Waals surface area contributed by atoms with Crippen LogP contribution in [0.25, 0.3) is 0 Å². The number of nitrogens with zero attached hydrogens (tertiary/aromatic N) is 2. The first-order valence-electron chi connectivity index (χ1n) is 10.8. The minimum absolute atomic E-state index is 0.0740. The van der Waals surface area contributed by atoms with Crippen molar-refractivity contribution < 1.29 is 18.7 Å². The molecular formula is C24H26ClFN2O3. The molecule has 4 rings (SSSR count). The highest BCUT2D eigenvalue weighted by Gasteiger charge is 2.26. The number of piperidine rings is 1. The van der Waals surface area contributed by atoms with Crippen LogP contribution in [0, 0.1) is 11.7 Å². The number of benzene rings is 2. The summed E-state index contributed by atoms with van der Waals surface area (Å²) in [7, 11) is 0. The molecule has 7 heteroatoms. The molecule has 1 atom stereocenters. The zero-order valence-electron chi connectivity index (χ0n) is 17.4. The van der Waals surface area contributed by atoms with E-state index >= 15 is 0 Å². The summed E-state index contributed by atoms with van der Waals surface area (Å²) in [6, 6.07) is 11.1.